The third kappa shape index (κ3) is 3.56. The summed E-state index contributed by atoms with van der Waals surface area (Å²) < 4.78 is 1.32. The molecule has 0 spiro atoms. The molecule has 0 N–H and O–H groups in total. The molecule has 4 nitrogen and oxygen atoms in total. The third-order valence-corrected chi connectivity index (χ3v) is 4.23. The number of thioether (sulfide) groups is 1. The Kier molecular flexibility index (Phi) is 4.67. The first-order valence-corrected chi connectivity index (χ1v) is 8.49. The van der Waals surface area contributed by atoms with Gasteiger partial charge < -0.3 is 4.84 Å². The average molecular weight is 326 g/mol. The molecule has 0 bridgehead atoms. The summed E-state index contributed by atoms with van der Waals surface area (Å²) >= 11 is 1.50. The molecule has 118 valence electrons. The lowest BCUT2D eigenvalue weighted by molar-refractivity contribution is 0.0346. The number of rotatable bonds is 5. The lowest BCUT2D eigenvalue weighted by Crippen LogP contribution is -2.33. The Morgan fingerprint density at radius 1 is 1.09 bits per heavy atom. The maximum Gasteiger partial charge on any atom is 0.295 e. The van der Waals surface area contributed by atoms with Crippen LogP contribution in [-0.2, 0) is 5.75 Å². The number of hydrogen-bond donors (Lipinski definition) is 0. The second kappa shape index (κ2) is 6.87. The van der Waals surface area contributed by atoms with Crippen LogP contribution in [0.4, 0.5) is 0 Å². The van der Waals surface area contributed by atoms with Gasteiger partial charge in [0.15, 0.2) is 0 Å². The summed E-state index contributed by atoms with van der Waals surface area (Å²) in [6.07, 6.45) is -0.105. The van der Waals surface area contributed by atoms with Gasteiger partial charge in [0.2, 0.25) is 5.16 Å². The van der Waals surface area contributed by atoms with Gasteiger partial charge in [-0.25, -0.2) is 4.98 Å². The smallest absolute Gasteiger partial charge is 0.295 e. The molecule has 3 rings (SSSR count). The minimum atomic E-state index is -0.167. The van der Waals surface area contributed by atoms with E-state index in [4.69, 9.17) is 4.84 Å². The normalized spacial score (nSPS) is 11.1. The number of nitrogens with zero attached hydrogens (tertiary/aromatic N) is 2. The molecule has 2 aromatic carbocycles. The van der Waals surface area contributed by atoms with Crippen LogP contribution in [0.25, 0.3) is 10.9 Å². The molecular formula is C18H18N2O2S. The van der Waals surface area contributed by atoms with Crippen molar-refractivity contribution < 1.29 is 4.84 Å². The van der Waals surface area contributed by atoms with Crippen LogP contribution < -0.4 is 10.4 Å². The number of para-hydroxylation sites is 1. The van der Waals surface area contributed by atoms with E-state index in [0.29, 0.717) is 16.1 Å². The minimum Gasteiger partial charge on any atom is -0.406 e. The fraction of sp³-hybridized carbons (Fsp3) is 0.222. The zero-order chi connectivity index (χ0) is 16.2. The highest BCUT2D eigenvalue weighted by Gasteiger charge is 2.13. The highest BCUT2D eigenvalue weighted by molar-refractivity contribution is 7.98. The molecular weight excluding hydrogens is 308 g/mol. The molecule has 1 heterocycles. The number of aromatic nitrogens is 2. The zero-order valence-electron chi connectivity index (χ0n) is 13.1. The molecule has 23 heavy (non-hydrogen) atoms. The van der Waals surface area contributed by atoms with Crippen molar-refractivity contribution in [1.82, 2.24) is 9.71 Å². The number of fused-ring (bicyclic) bond motifs is 1. The molecule has 0 radical (unpaired) electrons. The monoisotopic (exact) mass is 326 g/mol. The standard InChI is InChI=1S/C18H18N2O2S/c1-13(2)22-20-17(21)15-10-6-7-11-16(15)19-18(20)23-12-14-8-4-3-5-9-14/h3-11,13H,12H2,1-2H3. The van der Waals surface area contributed by atoms with Crippen molar-refractivity contribution in [3.8, 4) is 0 Å². The summed E-state index contributed by atoms with van der Waals surface area (Å²) in [5.41, 5.74) is 1.70. The van der Waals surface area contributed by atoms with Gasteiger partial charge in [-0.2, -0.15) is 0 Å². The first kappa shape index (κ1) is 15.6. The molecule has 0 atom stereocenters. The molecule has 0 unspecified atom stereocenters. The highest BCUT2D eigenvalue weighted by atomic mass is 32.2. The summed E-state index contributed by atoms with van der Waals surface area (Å²) in [6, 6.07) is 17.4. The van der Waals surface area contributed by atoms with Gasteiger partial charge in [0, 0.05) is 5.75 Å². The number of hydrogen-bond acceptors (Lipinski definition) is 4. The van der Waals surface area contributed by atoms with Crippen LogP contribution in [0.5, 0.6) is 0 Å². The van der Waals surface area contributed by atoms with Crippen LogP contribution in [-0.4, -0.2) is 15.8 Å². The summed E-state index contributed by atoms with van der Waals surface area (Å²) in [6.45, 7) is 3.79. The first-order valence-electron chi connectivity index (χ1n) is 7.51. The molecule has 0 saturated carbocycles. The lowest BCUT2D eigenvalue weighted by atomic mass is 10.2. The van der Waals surface area contributed by atoms with Crippen molar-refractivity contribution >= 4 is 22.7 Å². The van der Waals surface area contributed by atoms with Crippen molar-refractivity contribution in [2.24, 2.45) is 0 Å². The van der Waals surface area contributed by atoms with Gasteiger partial charge in [-0.05, 0) is 31.5 Å². The third-order valence-electron chi connectivity index (χ3n) is 3.24. The van der Waals surface area contributed by atoms with E-state index in [1.165, 1.54) is 22.1 Å². The predicted molar refractivity (Wildman–Crippen MR) is 93.7 cm³/mol. The fourth-order valence-electron chi connectivity index (χ4n) is 2.21. The van der Waals surface area contributed by atoms with Crippen LogP contribution in [0.15, 0.2) is 64.5 Å². The van der Waals surface area contributed by atoms with E-state index >= 15 is 0 Å². The van der Waals surface area contributed by atoms with Crippen LogP contribution >= 0.6 is 11.8 Å². The minimum absolute atomic E-state index is 0.105. The lowest BCUT2D eigenvalue weighted by Gasteiger charge is -2.16. The van der Waals surface area contributed by atoms with Crippen molar-refractivity contribution in [1.29, 1.82) is 0 Å². The van der Waals surface area contributed by atoms with E-state index in [2.05, 4.69) is 17.1 Å². The Hall–Kier alpha value is -2.27. The second-order valence-electron chi connectivity index (χ2n) is 5.44. The Bertz CT molecular complexity index is 860. The predicted octanol–water partition coefficient (Wildman–Crippen LogP) is 3.53. The molecule has 0 amide bonds. The molecule has 0 fully saturated rings. The van der Waals surface area contributed by atoms with E-state index < -0.39 is 0 Å². The van der Waals surface area contributed by atoms with E-state index in [9.17, 15) is 4.79 Å². The maximum atomic E-state index is 12.7. The van der Waals surface area contributed by atoms with Crippen LogP contribution in [0.3, 0.4) is 0 Å². The first-order chi connectivity index (χ1) is 11.1. The summed E-state index contributed by atoms with van der Waals surface area (Å²) in [4.78, 5) is 23.0. The van der Waals surface area contributed by atoms with Gasteiger partial charge >= 0.3 is 0 Å². The van der Waals surface area contributed by atoms with Crippen LogP contribution in [0.2, 0.25) is 0 Å². The Morgan fingerprint density at radius 3 is 2.52 bits per heavy atom. The van der Waals surface area contributed by atoms with E-state index in [1.807, 2.05) is 50.2 Å². The second-order valence-corrected chi connectivity index (χ2v) is 6.38. The van der Waals surface area contributed by atoms with Gasteiger partial charge in [0.05, 0.1) is 10.9 Å². The maximum absolute atomic E-state index is 12.7. The molecule has 0 aliphatic carbocycles. The largest absolute Gasteiger partial charge is 0.406 e. The Balaban J connectivity index is 2.01. The van der Waals surface area contributed by atoms with Crippen molar-refractivity contribution in [2.45, 2.75) is 30.9 Å². The van der Waals surface area contributed by atoms with E-state index in [-0.39, 0.29) is 11.7 Å². The van der Waals surface area contributed by atoms with Gasteiger partial charge in [-0.15, -0.1) is 4.73 Å². The number of benzene rings is 2. The zero-order valence-corrected chi connectivity index (χ0v) is 13.9. The van der Waals surface area contributed by atoms with Gasteiger partial charge in [-0.1, -0.05) is 54.2 Å². The molecule has 0 saturated heterocycles. The SMILES string of the molecule is CC(C)On1c(SCc2ccccc2)nc2ccccc2c1=O. The topological polar surface area (TPSA) is 44.1 Å². The summed E-state index contributed by atoms with van der Waals surface area (Å²) in [7, 11) is 0. The highest BCUT2D eigenvalue weighted by Crippen LogP contribution is 2.21. The fourth-order valence-corrected chi connectivity index (χ4v) is 3.11. The summed E-state index contributed by atoms with van der Waals surface area (Å²) in [5.74, 6) is 0.729. The molecule has 5 heteroatoms. The van der Waals surface area contributed by atoms with Crippen molar-refractivity contribution in [2.75, 3.05) is 0 Å². The molecule has 0 aliphatic rings. The summed E-state index contributed by atoms with van der Waals surface area (Å²) in [5, 5.41) is 1.14. The van der Waals surface area contributed by atoms with Crippen LogP contribution in [0, 0.1) is 0 Å². The molecule has 3 aromatic rings. The Morgan fingerprint density at radius 2 is 1.78 bits per heavy atom. The quantitative estimate of drug-likeness (QED) is 0.531. The van der Waals surface area contributed by atoms with Crippen LogP contribution in [0.1, 0.15) is 19.4 Å². The van der Waals surface area contributed by atoms with Crippen molar-refractivity contribution in [3.05, 3.63) is 70.5 Å². The average Bonchev–Trinajstić information content (AvgIpc) is 2.56. The Labute approximate surface area is 139 Å². The van der Waals surface area contributed by atoms with Gasteiger partial charge in [-0.3, -0.25) is 4.79 Å². The van der Waals surface area contributed by atoms with E-state index in [0.717, 1.165) is 5.75 Å². The molecule has 0 aliphatic heterocycles. The van der Waals surface area contributed by atoms with E-state index in [1.54, 1.807) is 6.07 Å². The van der Waals surface area contributed by atoms with Gasteiger partial charge in [0.25, 0.3) is 5.56 Å². The molecule has 1 aromatic heterocycles. The van der Waals surface area contributed by atoms with Gasteiger partial charge in [0.1, 0.15) is 6.10 Å². The van der Waals surface area contributed by atoms with Crippen molar-refractivity contribution in [3.63, 3.8) is 0 Å².